The van der Waals surface area contributed by atoms with Crippen LogP contribution in [0.25, 0.3) is 0 Å². The van der Waals surface area contributed by atoms with Crippen molar-refractivity contribution in [2.45, 2.75) is 12.8 Å². The van der Waals surface area contributed by atoms with Crippen LogP contribution < -0.4 is 0 Å². The Morgan fingerprint density at radius 2 is 2.36 bits per heavy atom. The summed E-state index contributed by atoms with van der Waals surface area (Å²) in [7, 11) is 0. The Balaban J connectivity index is 2.55. The summed E-state index contributed by atoms with van der Waals surface area (Å²) in [6.45, 7) is 0. The van der Waals surface area contributed by atoms with Gasteiger partial charge in [0.1, 0.15) is 0 Å². The van der Waals surface area contributed by atoms with Gasteiger partial charge in [-0.1, -0.05) is 18.2 Å². The van der Waals surface area contributed by atoms with Crippen molar-refractivity contribution in [1.29, 1.82) is 0 Å². The van der Waals surface area contributed by atoms with E-state index >= 15 is 0 Å². The molecule has 0 heterocycles. The normalized spacial score (nSPS) is 16.9. The zero-order chi connectivity index (χ0) is 8.10. The van der Waals surface area contributed by atoms with Crippen LogP contribution in [0.2, 0.25) is 0 Å². The Morgan fingerprint density at radius 3 is 2.91 bits per heavy atom. The van der Waals surface area contributed by atoms with Crippen molar-refractivity contribution in [3.63, 3.8) is 0 Å². The Hall–Kier alpha value is -1.31. The smallest absolute Gasteiger partial charge is 0.328 e. The third-order valence-electron chi connectivity index (χ3n) is 1.44. The lowest BCUT2D eigenvalue weighted by Crippen LogP contribution is -1.87. The first-order chi connectivity index (χ1) is 5.29. The highest BCUT2D eigenvalue weighted by Gasteiger charge is 1.92. The van der Waals surface area contributed by atoms with Gasteiger partial charge in [-0.25, -0.2) is 4.79 Å². The van der Waals surface area contributed by atoms with Gasteiger partial charge in [-0.2, -0.15) is 0 Å². The molecule has 0 aromatic carbocycles. The summed E-state index contributed by atoms with van der Waals surface area (Å²) < 4.78 is 0. The van der Waals surface area contributed by atoms with E-state index in [9.17, 15) is 4.79 Å². The fraction of sp³-hybridized carbons (Fsp3) is 0.222. The third kappa shape index (κ3) is 2.85. The molecular weight excluding hydrogens is 140 g/mol. The maximum absolute atomic E-state index is 10.1. The van der Waals surface area contributed by atoms with E-state index in [1.54, 1.807) is 6.08 Å². The molecule has 0 radical (unpaired) electrons. The molecule has 0 saturated heterocycles. The van der Waals surface area contributed by atoms with Gasteiger partial charge in [0, 0.05) is 6.08 Å². The van der Waals surface area contributed by atoms with Gasteiger partial charge in [-0.15, -0.1) is 0 Å². The number of carboxylic acids is 1. The first-order valence-electron chi connectivity index (χ1n) is 3.57. The summed E-state index contributed by atoms with van der Waals surface area (Å²) in [5, 5.41) is 8.31. The maximum Gasteiger partial charge on any atom is 0.328 e. The minimum Gasteiger partial charge on any atom is -0.478 e. The molecule has 11 heavy (non-hydrogen) atoms. The van der Waals surface area contributed by atoms with Gasteiger partial charge in [0.2, 0.25) is 0 Å². The topological polar surface area (TPSA) is 37.3 Å². The standard InChI is InChI=1S/C9H10O2/c10-9(11)7-6-8-4-2-1-3-5-8/h2,4-7H,1,3H2,(H,10,11). The molecule has 0 saturated carbocycles. The fourth-order valence-electron chi connectivity index (χ4n) is 0.925. The quantitative estimate of drug-likeness (QED) is 0.610. The van der Waals surface area contributed by atoms with Crippen molar-refractivity contribution in [3.8, 4) is 0 Å². The van der Waals surface area contributed by atoms with Crippen LogP contribution >= 0.6 is 0 Å². The first-order valence-corrected chi connectivity index (χ1v) is 3.57. The predicted molar refractivity (Wildman–Crippen MR) is 43.2 cm³/mol. The van der Waals surface area contributed by atoms with E-state index in [4.69, 9.17) is 5.11 Å². The number of hydrogen-bond donors (Lipinski definition) is 1. The van der Waals surface area contributed by atoms with Gasteiger partial charge < -0.3 is 5.11 Å². The highest BCUT2D eigenvalue weighted by molar-refractivity contribution is 5.80. The SMILES string of the molecule is O=C(O)C=CC1=CCCC=C1. The van der Waals surface area contributed by atoms with Crippen LogP contribution in [-0.2, 0) is 4.79 Å². The Bertz CT molecular complexity index is 234. The third-order valence-corrected chi connectivity index (χ3v) is 1.44. The van der Waals surface area contributed by atoms with E-state index in [-0.39, 0.29) is 0 Å². The summed E-state index contributed by atoms with van der Waals surface area (Å²) in [6.07, 6.45) is 10.8. The van der Waals surface area contributed by atoms with Crippen LogP contribution in [0.5, 0.6) is 0 Å². The second kappa shape index (κ2) is 3.76. The van der Waals surface area contributed by atoms with Gasteiger partial charge in [0.15, 0.2) is 0 Å². The zero-order valence-electron chi connectivity index (χ0n) is 6.16. The van der Waals surface area contributed by atoms with Crippen LogP contribution in [0.4, 0.5) is 0 Å². The fourth-order valence-corrected chi connectivity index (χ4v) is 0.925. The molecule has 0 spiro atoms. The van der Waals surface area contributed by atoms with Crippen molar-refractivity contribution >= 4 is 5.97 Å². The number of hydrogen-bond acceptors (Lipinski definition) is 1. The second-order valence-electron chi connectivity index (χ2n) is 2.36. The monoisotopic (exact) mass is 150 g/mol. The average molecular weight is 150 g/mol. The van der Waals surface area contributed by atoms with Crippen molar-refractivity contribution in [1.82, 2.24) is 0 Å². The second-order valence-corrected chi connectivity index (χ2v) is 2.36. The lowest BCUT2D eigenvalue weighted by Gasteiger charge is -1.99. The van der Waals surface area contributed by atoms with Gasteiger partial charge >= 0.3 is 5.97 Å². The van der Waals surface area contributed by atoms with E-state index in [0.717, 1.165) is 24.5 Å². The molecule has 0 aromatic rings. The summed E-state index contributed by atoms with van der Waals surface area (Å²) in [5.41, 5.74) is 0.985. The maximum atomic E-state index is 10.1. The molecule has 1 rings (SSSR count). The summed E-state index contributed by atoms with van der Waals surface area (Å²) in [5.74, 6) is -0.898. The Morgan fingerprint density at radius 1 is 1.55 bits per heavy atom. The molecular formula is C9H10O2. The molecule has 0 atom stereocenters. The summed E-state index contributed by atoms with van der Waals surface area (Å²) in [4.78, 5) is 10.1. The molecule has 0 aliphatic heterocycles. The largest absolute Gasteiger partial charge is 0.478 e. The number of carboxylic acid groups (broad SMARTS) is 1. The molecule has 0 amide bonds. The number of aliphatic carboxylic acids is 1. The van der Waals surface area contributed by atoms with Crippen molar-refractivity contribution in [3.05, 3.63) is 36.0 Å². The average Bonchev–Trinajstić information content (AvgIpc) is 2.03. The zero-order valence-corrected chi connectivity index (χ0v) is 6.16. The molecule has 1 aliphatic carbocycles. The van der Waals surface area contributed by atoms with E-state index < -0.39 is 5.97 Å². The Kier molecular flexibility index (Phi) is 2.66. The van der Waals surface area contributed by atoms with Crippen LogP contribution in [0, 0.1) is 0 Å². The number of rotatable bonds is 2. The number of carbonyl (C=O) groups is 1. The van der Waals surface area contributed by atoms with Crippen LogP contribution in [0.3, 0.4) is 0 Å². The van der Waals surface area contributed by atoms with Gasteiger partial charge in [-0.3, -0.25) is 0 Å². The van der Waals surface area contributed by atoms with Crippen molar-refractivity contribution in [2.75, 3.05) is 0 Å². The molecule has 0 unspecified atom stereocenters. The van der Waals surface area contributed by atoms with E-state index in [2.05, 4.69) is 0 Å². The van der Waals surface area contributed by atoms with Crippen LogP contribution in [0.15, 0.2) is 36.0 Å². The molecule has 1 N–H and O–H groups in total. The van der Waals surface area contributed by atoms with E-state index in [1.165, 1.54) is 0 Å². The molecule has 0 bridgehead atoms. The molecule has 58 valence electrons. The van der Waals surface area contributed by atoms with Gasteiger partial charge in [0.05, 0.1) is 0 Å². The first kappa shape index (κ1) is 7.79. The summed E-state index contributed by atoms with van der Waals surface area (Å²) >= 11 is 0. The lowest BCUT2D eigenvalue weighted by atomic mass is 10.1. The van der Waals surface area contributed by atoms with Gasteiger partial charge in [-0.05, 0) is 24.5 Å². The predicted octanol–water partition coefficient (Wildman–Crippen LogP) is 1.90. The van der Waals surface area contributed by atoms with Crippen molar-refractivity contribution in [2.24, 2.45) is 0 Å². The minimum atomic E-state index is -0.898. The molecule has 0 aromatic heterocycles. The van der Waals surface area contributed by atoms with E-state index in [1.807, 2.05) is 18.2 Å². The molecule has 1 aliphatic rings. The van der Waals surface area contributed by atoms with Gasteiger partial charge in [0.25, 0.3) is 0 Å². The molecule has 0 fully saturated rings. The Labute approximate surface area is 65.5 Å². The van der Waals surface area contributed by atoms with Crippen LogP contribution in [-0.4, -0.2) is 11.1 Å². The van der Waals surface area contributed by atoms with Crippen molar-refractivity contribution < 1.29 is 9.90 Å². The summed E-state index contributed by atoms with van der Waals surface area (Å²) in [6, 6.07) is 0. The van der Waals surface area contributed by atoms with E-state index in [0.29, 0.717) is 0 Å². The molecule has 2 heteroatoms. The number of allylic oxidation sites excluding steroid dienone is 5. The molecule has 2 nitrogen and oxygen atoms in total. The lowest BCUT2D eigenvalue weighted by molar-refractivity contribution is -0.131. The highest BCUT2D eigenvalue weighted by atomic mass is 16.4. The minimum absolute atomic E-state index is 0.898. The highest BCUT2D eigenvalue weighted by Crippen LogP contribution is 2.09. The van der Waals surface area contributed by atoms with Crippen LogP contribution in [0.1, 0.15) is 12.8 Å².